The van der Waals surface area contributed by atoms with Gasteiger partial charge in [-0.2, -0.15) is 0 Å². The van der Waals surface area contributed by atoms with Crippen LogP contribution in [0.2, 0.25) is 10.0 Å². The zero-order valence-electron chi connectivity index (χ0n) is 11.5. The molecule has 0 aliphatic carbocycles. The SMILES string of the molecule is Cc1cc(Cl)c(CS(=O)(=O)C2=NOC(C)(CCl)C2)cc1Cl. The molecule has 1 aromatic rings. The first-order valence-electron chi connectivity index (χ1n) is 6.15. The largest absolute Gasteiger partial charge is 0.387 e. The van der Waals surface area contributed by atoms with Gasteiger partial charge in [-0.25, -0.2) is 8.42 Å². The van der Waals surface area contributed by atoms with Crippen molar-refractivity contribution in [2.45, 2.75) is 31.6 Å². The third-order valence-electron chi connectivity index (χ3n) is 3.21. The molecule has 1 atom stereocenters. The van der Waals surface area contributed by atoms with Crippen LogP contribution in [-0.4, -0.2) is 24.9 Å². The average Bonchev–Trinajstić information content (AvgIpc) is 2.80. The summed E-state index contributed by atoms with van der Waals surface area (Å²) in [5.74, 6) is -0.112. The first-order valence-corrected chi connectivity index (χ1v) is 9.09. The molecular formula is C13H14Cl3NO3S. The molecule has 0 saturated heterocycles. The highest BCUT2D eigenvalue weighted by Crippen LogP contribution is 2.30. The molecule has 0 radical (unpaired) electrons. The number of benzene rings is 1. The maximum absolute atomic E-state index is 12.4. The van der Waals surface area contributed by atoms with Crippen LogP contribution in [0.3, 0.4) is 0 Å². The highest BCUT2D eigenvalue weighted by Gasteiger charge is 2.39. The molecule has 0 N–H and O–H groups in total. The summed E-state index contributed by atoms with van der Waals surface area (Å²) >= 11 is 17.9. The van der Waals surface area contributed by atoms with Crippen LogP contribution in [0.4, 0.5) is 0 Å². The third-order valence-corrected chi connectivity index (χ3v) is 6.16. The van der Waals surface area contributed by atoms with E-state index in [9.17, 15) is 8.42 Å². The van der Waals surface area contributed by atoms with Crippen molar-refractivity contribution >= 4 is 49.7 Å². The molecule has 0 bridgehead atoms. The summed E-state index contributed by atoms with van der Waals surface area (Å²) in [7, 11) is -3.62. The van der Waals surface area contributed by atoms with Crippen molar-refractivity contribution in [1.29, 1.82) is 0 Å². The van der Waals surface area contributed by atoms with E-state index in [2.05, 4.69) is 5.16 Å². The van der Waals surface area contributed by atoms with E-state index in [1.807, 2.05) is 0 Å². The molecule has 1 aliphatic heterocycles. The van der Waals surface area contributed by atoms with Gasteiger partial charge >= 0.3 is 0 Å². The molecule has 0 saturated carbocycles. The van der Waals surface area contributed by atoms with Gasteiger partial charge in [0.1, 0.15) is 0 Å². The Labute approximate surface area is 138 Å². The van der Waals surface area contributed by atoms with Crippen LogP contribution in [-0.2, 0) is 20.4 Å². The fourth-order valence-corrected chi connectivity index (χ4v) is 4.05. The van der Waals surface area contributed by atoms with Crippen molar-refractivity contribution in [2.24, 2.45) is 5.16 Å². The van der Waals surface area contributed by atoms with Gasteiger partial charge in [-0.1, -0.05) is 28.4 Å². The van der Waals surface area contributed by atoms with E-state index in [0.29, 0.717) is 15.6 Å². The van der Waals surface area contributed by atoms with Crippen molar-refractivity contribution < 1.29 is 13.3 Å². The first-order chi connectivity index (χ1) is 9.67. The van der Waals surface area contributed by atoms with Crippen LogP contribution >= 0.6 is 34.8 Å². The second-order valence-corrected chi connectivity index (χ2v) is 8.36. The zero-order chi connectivity index (χ0) is 15.8. The summed E-state index contributed by atoms with van der Waals surface area (Å²) in [6.45, 7) is 3.51. The Morgan fingerprint density at radius 3 is 2.57 bits per heavy atom. The summed E-state index contributed by atoms with van der Waals surface area (Å²) in [6, 6.07) is 3.21. The predicted octanol–water partition coefficient (Wildman–Crippen LogP) is 3.95. The minimum atomic E-state index is -3.62. The molecule has 0 amide bonds. The number of sulfone groups is 1. The maximum Gasteiger partial charge on any atom is 0.199 e. The van der Waals surface area contributed by atoms with Gasteiger partial charge in [0, 0.05) is 16.5 Å². The maximum atomic E-state index is 12.4. The van der Waals surface area contributed by atoms with E-state index in [1.54, 1.807) is 26.0 Å². The smallest absolute Gasteiger partial charge is 0.199 e. The van der Waals surface area contributed by atoms with Gasteiger partial charge < -0.3 is 4.84 Å². The van der Waals surface area contributed by atoms with E-state index < -0.39 is 15.4 Å². The normalized spacial score (nSPS) is 22.0. The quantitative estimate of drug-likeness (QED) is 0.757. The highest BCUT2D eigenvalue weighted by atomic mass is 35.5. The van der Waals surface area contributed by atoms with Crippen LogP contribution in [0.1, 0.15) is 24.5 Å². The molecule has 1 aromatic carbocycles. The molecule has 2 rings (SSSR count). The third kappa shape index (κ3) is 3.65. The lowest BCUT2D eigenvalue weighted by Gasteiger charge is -2.16. The minimum absolute atomic E-state index is 0.0154. The second kappa shape index (κ2) is 5.95. The first kappa shape index (κ1) is 16.9. The summed E-state index contributed by atoms with van der Waals surface area (Å²) in [5, 5.41) is 4.48. The number of aryl methyl sites for hydroxylation is 1. The number of rotatable bonds is 3. The van der Waals surface area contributed by atoms with Crippen LogP contribution < -0.4 is 0 Å². The van der Waals surface area contributed by atoms with Crippen LogP contribution in [0.25, 0.3) is 0 Å². The number of alkyl halides is 1. The Morgan fingerprint density at radius 2 is 2.00 bits per heavy atom. The van der Waals surface area contributed by atoms with Gasteiger partial charge in [0.2, 0.25) is 0 Å². The summed E-state index contributed by atoms with van der Waals surface area (Å²) in [6.07, 6.45) is 0.149. The van der Waals surface area contributed by atoms with Gasteiger partial charge in [0.05, 0.1) is 11.6 Å². The van der Waals surface area contributed by atoms with Crippen molar-refractivity contribution in [3.63, 3.8) is 0 Å². The number of hydrogen-bond donors (Lipinski definition) is 0. The molecule has 0 spiro atoms. The van der Waals surface area contributed by atoms with Crippen molar-refractivity contribution in [1.82, 2.24) is 0 Å². The number of oxime groups is 1. The number of hydrogen-bond acceptors (Lipinski definition) is 4. The summed E-state index contributed by atoms with van der Waals surface area (Å²) in [4.78, 5) is 5.12. The van der Waals surface area contributed by atoms with Crippen molar-refractivity contribution in [3.8, 4) is 0 Å². The van der Waals surface area contributed by atoms with Gasteiger partial charge in [-0.3, -0.25) is 0 Å². The van der Waals surface area contributed by atoms with Crippen molar-refractivity contribution in [2.75, 3.05) is 5.88 Å². The molecule has 1 aliphatic rings. The molecule has 0 aromatic heterocycles. The fraction of sp³-hybridized carbons (Fsp3) is 0.462. The Balaban J connectivity index is 2.26. The highest BCUT2D eigenvalue weighted by molar-refractivity contribution is 8.05. The van der Waals surface area contributed by atoms with Gasteiger partial charge in [0.15, 0.2) is 20.5 Å². The lowest BCUT2D eigenvalue weighted by molar-refractivity contribution is 0.0152. The van der Waals surface area contributed by atoms with E-state index in [-0.39, 0.29) is 23.1 Å². The average molecular weight is 371 g/mol. The van der Waals surface area contributed by atoms with Crippen LogP contribution in [0.15, 0.2) is 17.3 Å². The molecule has 8 heteroatoms. The summed E-state index contributed by atoms with van der Waals surface area (Å²) in [5.41, 5.74) is 0.451. The Morgan fingerprint density at radius 1 is 1.33 bits per heavy atom. The molecule has 0 fully saturated rings. The van der Waals surface area contributed by atoms with Gasteiger partial charge in [-0.15, -0.1) is 11.6 Å². The Hall–Kier alpha value is -0.490. The monoisotopic (exact) mass is 369 g/mol. The number of nitrogens with zero attached hydrogens (tertiary/aromatic N) is 1. The lowest BCUT2D eigenvalue weighted by Crippen LogP contribution is -2.28. The predicted molar refractivity (Wildman–Crippen MR) is 86.1 cm³/mol. The van der Waals surface area contributed by atoms with E-state index >= 15 is 0 Å². The standard InChI is InChI=1S/C13H14Cl3NO3S/c1-8-3-11(16)9(4-10(8)15)6-21(18,19)12-5-13(2,7-14)20-17-12/h3-4H,5-7H2,1-2H3. The van der Waals surface area contributed by atoms with E-state index in [4.69, 9.17) is 39.6 Å². The Bertz CT molecular complexity index is 703. The van der Waals surface area contributed by atoms with E-state index in [1.165, 1.54) is 0 Å². The topological polar surface area (TPSA) is 55.7 Å². The zero-order valence-corrected chi connectivity index (χ0v) is 14.6. The lowest BCUT2D eigenvalue weighted by atomic mass is 10.1. The molecular weight excluding hydrogens is 357 g/mol. The van der Waals surface area contributed by atoms with Gasteiger partial charge in [0.25, 0.3) is 0 Å². The second-order valence-electron chi connectivity index (χ2n) is 5.29. The Kier molecular flexibility index (Phi) is 4.78. The molecule has 21 heavy (non-hydrogen) atoms. The minimum Gasteiger partial charge on any atom is -0.387 e. The van der Waals surface area contributed by atoms with Crippen LogP contribution in [0, 0.1) is 6.92 Å². The molecule has 4 nitrogen and oxygen atoms in total. The molecule has 1 heterocycles. The molecule has 1 unspecified atom stereocenters. The van der Waals surface area contributed by atoms with Gasteiger partial charge in [-0.05, 0) is 37.1 Å². The van der Waals surface area contributed by atoms with Crippen molar-refractivity contribution in [3.05, 3.63) is 33.3 Å². The number of halogens is 3. The fourth-order valence-electron chi connectivity index (χ4n) is 1.87. The van der Waals surface area contributed by atoms with E-state index in [0.717, 1.165) is 5.56 Å². The summed E-state index contributed by atoms with van der Waals surface area (Å²) < 4.78 is 24.8. The molecule has 116 valence electrons. The van der Waals surface area contributed by atoms with Crippen LogP contribution in [0.5, 0.6) is 0 Å².